The van der Waals surface area contributed by atoms with E-state index in [0.717, 1.165) is 6.26 Å². The minimum atomic E-state index is -3.64. The average molecular weight is 404 g/mol. The average Bonchev–Trinajstić information content (AvgIpc) is 3.06. The van der Waals surface area contributed by atoms with Crippen molar-refractivity contribution in [3.8, 4) is 0 Å². The SMILES string of the molecule is CCN(CC)S(=O)(=O)c1cccc(NC(=O)[C@@H]2CCCN2S(C)(=O)=O)c1. The van der Waals surface area contributed by atoms with E-state index in [1.165, 1.54) is 20.7 Å². The van der Waals surface area contributed by atoms with Gasteiger partial charge >= 0.3 is 0 Å². The first kappa shape index (κ1) is 20.8. The quantitative estimate of drug-likeness (QED) is 0.734. The predicted octanol–water partition coefficient (Wildman–Crippen LogP) is 1.08. The van der Waals surface area contributed by atoms with Crippen molar-refractivity contribution in [3.63, 3.8) is 0 Å². The zero-order valence-electron chi connectivity index (χ0n) is 15.2. The second kappa shape index (κ2) is 8.03. The highest BCUT2D eigenvalue weighted by Crippen LogP contribution is 2.23. The van der Waals surface area contributed by atoms with Crippen LogP contribution in [0, 0.1) is 0 Å². The summed E-state index contributed by atoms with van der Waals surface area (Å²) in [5, 5.41) is 2.65. The Bertz CT molecular complexity index is 864. The third-order valence-electron chi connectivity index (χ3n) is 4.38. The summed E-state index contributed by atoms with van der Waals surface area (Å²) in [5.41, 5.74) is 0.323. The first-order chi connectivity index (χ1) is 12.1. The number of nitrogens with one attached hydrogen (secondary N) is 1. The van der Waals surface area contributed by atoms with E-state index in [0.29, 0.717) is 38.2 Å². The molecule has 10 heteroatoms. The summed E-state index contributed by atoms with van der Waals surface area (Å²) >= 11 is 0. The fraction of sp³-hybridized carbons (Fsp3) is 0.562. The van der Waals surface area contributed by atoms with E-state index in [1.54, 1.807) is 26.0 Å². The molecule has 2 rings (SSSR count). The first-order valence-electron chi connectivity index (χ1n) is 8.49. The molecule has 0 spiro atoms. The molecule has 0 bridgehead atoms. The van der Waals surface area contributed by atoms with Gasteiger partial charge in [0.2, 0.25) is 26.0 Å². The van der Waals surface area contributed by atoms with Crippen molar-refractivity contribution < 1.29 is 21.6 Å². The van der Waals surface area contributed by atoms with Crippen LogP contribution in [0.1, 0.15) is 26.7 Å². The monoisotopic (exact) mass is 403 g/mol. The Morgan fingerprint density at radius 2 is 1.88 bits per heavy atom. The standard InChI is InChI=1S/C16H25N3O5S2/c1-4-18(5-2)26(23,24)14-9-6-8-13(12-14)17-16(20)15-10-7-11-19(15)25(3,21)22/h6,8-9,12,15H,4-5,7,10-11H2,1-3H3,(H,17,20)/t15-/m0/s1. The molecule has 0 saturated carbocycles. The van der Waals surface area contributed by atoms with Crippen LogP contribution >= 0.6 is 0 Å². The highest BCUT2D eigenvalue weighted by molar-refractivity contribution is 7.89. The molecule has 0 aromatic heterocycles. The fourth-order valence-electron chi connectivity index (χ4n) is 3.07. The topological polar surface area (TPSA) is 104 Å². The maximum absolute atomic E-state index is 12.6. The van der Waals surface area contributed by atoms with Gasteiger partial charge in [0.05, 0.1) is 11.2 Å². The zero-order chi connectivity index (χ0) is 19.5. The van der Waals surface area contributed by atoms with Gasteiger partial charge in [0.15, 0.2) is 0 Å². The number of benzene rings is 1. The van der Waals surface area contributed by atoms with Crippen molar-refractivity contribution in [1.82, 2.24) is 8.61 Å². The number of hydrogen-bond donors (Lipinski definition) is 1. The molecule has 1 aromatic carbocycles. The molecule has 1 N–H and O–H groups in total. The summed E-state index contributed by atoms with van der Waals surface area (Å²) in [4.78, 5) is 12.6. The van der Waals surface area contributed by atoms with Gasteiger partial charge in [-0.1, -0.05) is 19.9 Å². The number of amides is 1. The Kier molecular flexibility index (Phi) is 6.43. The molecule has 1 aromatic rings. The van der Waals surface area contributed by atoms with Crippen LogP contribution in [0.2, 0.25) is 0 Å². The van der Waals surface area contributed by atoms with E-state index < -0.39 is 32.0 Å². The molecule has 26 heavy (non-hydrogen) atoms. The Balaban J connectivity index is 2.22. The van der Waals surface area contributed by atoms with Gasteiger partial charge in [0.25, 0.3) is 0 Å². The van der Waals surface area contributed by atoms with E-state index >= 15 is 0 Å². The Labute approximate surface area is 155 Å². The van der Waals surface area contributed by atoms with Crippen molar-refractivity contribution in [2.75, 3.05) is 31.2 Å². The van der Waals surface area contributed by atoms with Crippen molar-refractivity contribution in [1.29, 1.82) is 0 Å². The van der Waals surface area contributed by atoms with Crippen LogP contribution in [-0.2, 0) is 24.8 Å². The van der Waals surface area contributed by atoms with Crippen molar-refractivity contribution in [2.24, 2.45) is 0 Å². The molecule has 0 radical (unpaired) electrons. The predicted molar refractivity (Wildman–Crippen MR) is 99.8 cm³/mol. The van der Waals surface area contributed by atoms with E-state index in [2.05, 4.69) is 5.32 Å². The molecule has 8 nitrogen and oxygen atoms in total. The molecule has 1 saturated heterocycles. The third-order valence-corrected chi connectivity index (χ3v) is 7.71. The van der Waals surface area contributed by atoms with Crippen LogP contribution in [0.4, 0.5) is 5.69 Å². The minimum absolute atomic E-state index is 0.0883. The molecule has 1 aliphatic heterocycles. The third kappa shape index (κ3) is 4.43. The smallest absolute Gasteiger partial charge is 0.243 e. The van der Waals surface area contributed by atoms with Crippen LogP contribution < -0.4 is 5.32 Å². The van der Waals surface area contributed by atoms with E-state index in [1.807, 2.05) is 0 Å². The lowest BCUT2D eigenvalue weighted by Crippen LogP contribution is -2.42. The first-order valence-corrected chi connectivity index (χ1v) is 11.8. The summed E-state index contributed by atoms with van der Waals surface area (Å²) in [6, 6.07) is 5.23. The molecule has 1 fully saturated rings. The van der Waals surface area contributed by atoms with Gasteiger partial charge in [-0.05, 0) is 31.0 Å². The lowest BCUT2D eigenvalue weighted by Gasteiger charge is -2.22. The summed E-state index contributed by atoms with van der Waals surface area (Å²) in [5.74, 6) is -0.453. The zero-order valence-corrected chi connectivity index (χ0v) is 16.8. The van der Waals surface area contributed by atoms with Gasteiger partial charge in [-0.15, -0.1) is 0 Å². The van der Waals surface area contributed by atoms with Crippen molar-refractivity contribution >= 4 is 31.6 Å². The summed E-state index contributed by atoms with van der Waals surface area (Å²) < 4.78 is 51.3. The molecule has 146 valence electrons. The second-order valence-electron chi connectivity index (χ2n) is 6.14. The Morgan fingerprint density at radius 3 is 2.46 bits per heavy atom. The molecule has 1 heterocycles. The number of hydrogen-bond acceptors (Lipinski definition) is 5. The van der Waals surface area contributed by atoms with Gasteiger partial charge < -0.3 is 5.32 Å². The van der Waals surface area contributed by atoms with Gasteiger partial charge in [-0.25, -0.2) is 16.8 Å². The second-order valence-corrected chi connectivity index (χ2v) is 10.0. The van der Waals surface area contributed by atoms with Gasteiger partial charge in [0, 0.05) is 25.3 Å². The van der Waals surface area contributed by atoms with Gasteiger partial charge in [-0.3, -0.25) is 4.79 Å². The van der Waals surface area contributed by atoms with E-state index in [4.69, 9.17) is 0 Å². The molecule has 0 aliphatic carbocycles. The lowest BCUT2D eigenvalue weighted by atomic mass is 10.2. The molecular weight excluding hydrogens is 378 g/mol. The summed E-state index contributed by atoms with van der Waals surface area (Å²) in [6.07, 6.45) is 2.13. The largest absolute Gasteiger partial charge is 0.325 e. The Morgan fingerprint density at radius 1 is 1.23 bits per heavy atom. The minimum Gasteiger partial charge on any atom is -0.325 e. The van der Waals surface area contributed by atoms with E-state index in [-0.39, 0.29) is 4.90 Å². The van der Waals surface area contributed by atoms with Gasteiger partial charge in [-0.2, -0.15) is 8.61 Å². The van der Waals surface area contributed by atoms with Crippen LogP contribution in [0.5, 0.6) is 0 Å². The molecule has 1 atom stereocenters. The number of rotatable bonds is 7. The van der Waals surface area contributed by atoms with Crippen molar-refractivity contribution in [2.45, 2.75) is 37.6 Å². The fourth-order valence-corrected chi connectivity index (χ4v) is 5.70. The number of nitrogens with zero attached hydrogens (tertiary/aromatic N) is 2. The normalized spacial score (nSPS) is 19.0. The van der Waals surface area contributed by atoms with Crippen LogP contribution in [0.25, 0.3) is 0 Å². The number of carbonyl (C=O) groups excluding carboxylic acids is 1. The van der Waals surface area contributed by atoms with E-state index in [9.17, 15) is 21.6 Å². The van der Waals surface area contributed by atoms with Gasteiger partial charge in [0.1, 0.15) is 6.04 Å². The molecular formula is C16H25N3O5S2. The summed E-state index contributed by atoms with van der Waals surface area (Å²) in [7, 11) is -7.11. The maximum atomic E-state index is 12.6. The lowest BCUT2D eigenvalue weighted by molar-refractivity contribution is -0.119. The summed E-state index contributed by atoms with van der Waals surface area (Å²) in [6.45, 7) is 4.52. The van der Waals surface area contributed by atoms with Crippen molar-refractivity contribution in [3.05, 3.63) is 24.3 Å². The van der Waals surface area contributed by atoms with Crippen LogP contribution in [0.15, 0.2) is 29.2 Å². The Hall–Kier alpha value is -1.49. The van der Waals surface area contributed by atoms with Crippen LogP contribution in [0.3, 0.4) is 0 Å². The number of sulfonamides is 2. The molecule has 1 amide bonds. The number of anilines is 1. The maximum Gasteiger partial charge on any atom is 0.243 e. The highest BCUT2D eigenvalue weighted by atomic mass is 32.2. The molecule has 0 unspecified atom stereocenters. The molecule has 1 aliphatic rings. The highest BCUT2D eigenvalue weighted by Gasteiger charge is 2.36. The number of carbonyl (C=O) groups is 1. The van der Waals surface area contributed by atoms with Crippen LogP contribution in [-0.4, -0.2) is 63.3 Å².